The molecule has 0 radical (unpaired) electrons. The summed E-state index contributed by atoms with van der Waals surface area (Å²) < 4.78 is 10.3. The molecule has 2 aliphatic heterocycles. The number of rotatable bonds is 3. The lowest BCUT2D eigenvalue weighted by Crippen LogP contribution is -2.45. The fourth-order valence-corrected chi connectivity index (χ4v) is 2.33. The first-order valence-corrected chi connectivity index (χ1v) is 6.02. The zero-order valence-electron chi connectivity index (χ0n) is 10.1. The van der Waals surface area contributed by atoms with Gasteiger partial charge in [0.05, 0.1) is 6.54 Å². The standard InChI is InChI=1S/C13H13NO5/c15-12(16)10-11-9(19-11)6-14(10)13(17)18-7-8-4-2-1-3-5-8/h1-5,9-11H,6-7H2,(H,15,16)/t9-,10+,11+/m1/s1. The molecule has 6 heteroatoms. The van der Waals surface area contributed by atoms with Crippen LogP contribution in [0.25, 0.3) is 0 Å². The fraction of sp³-hybridized carbons (Fsp3) is 0.385. The molecule has 2 aliphatic rings. The fourth-order valence-electron chi connectivity index (χ4n) is 2.33. The Morgan fingerprint density at radius 3 is 2.79 bits per heavy atom. The minimum absolute atomic E-state index is 0.138. The molecule has 2 heterocycles. The number of carboxylic acids is 1. The number of hydrogen-bond acceptors (Lipinski definition) is 4. The van der Waals surface area contributed by atoms with Crippen LogP contribution in [0.15, 0.2) is 30.3 Å². The molecule has 1 amide bonds. The summed E-state index contributed by atoms with van der Waals surface area (Å²) in [5.74, 6) is -1.05. The average molecular weight is 263 g/mol. The summed E-state index contributed by atoms with van der Waals surface area (Å²) in [4.78, 5) is 24.2. The van der Waals surface area contributed by atoms with Crippen LogP contribution in [-0.2, 0) is 20.9 Å². The maximum absolute atomic E-state index is 11.9. The largest absolute Gasteiger partial charge is 0.480 e. The molecule has 0 spiro atoms. The molecule has 0 aliphatic carbocycles. The van der Waals surface area contributed by atoms with Gasteiger partial charge in [-0.1, -0.05) is 30.3 Å². The highest BCUT2D eigenvalue weighted by molar-refractivity contribution is 5.82. The van der Waals surface area contributed by atoms with Crippen molar-refractivity contribution in [2.75, 3.05) is 6.54 Å². The topological polar surface area (TPSA) is 79.4 Å². The lowest BCUT2D eigenvalue weighted by molar-refractivity contribution is -0.143. The molecule has 1 aromatic carbocycles. The van der Waals surface area contributed by atoms with Crippen molar-refractivity contribution >= 4 is 12.1 Å². The van der Waals surface area contributed by atoms with Gasteiger partial charge in [0, 0.05) is 0 Å². The van der Waals surface area contributed by atoms with Gasteiger partial charge in [-0.3, -0.25) is 4.90 Å². The molecule has 19 heavy (non-hydrogen) atoms. The first-order chi connectivity index (χ1) is 9.16. The van der Waals surface area contributed by atoms with Gasteiger partial charge >= 0.3 is 12.1 Å². The van der Waals surface area contributed by atoms with Gasteiger partial charge < -0.3 is 14.6 Å². The number of morpholine rings is 1. The molecule has 0 saturated carbocycles. The number of benzene rings is 1. The van der Waals surface area contributed by atoms with Gasteiger partial charge in [-0.05, 0) is 5.56 Å². The van der Waals surface area contributed by atoms with Crippen LogP contribution in [0.1, 0.15) is 5.56 Å². The number of carbonyl (C=O) groups is 2. The normalized spacial score (nSPS) is 27.8. The maximum atomic E-state index is 11.9. The van der Waals surface area contributed by atoms with E-state index in [4.69, 9.17) is 14.6 Å². The van der Waals surface area contributed by atoms with Crippen molar-refractivity contribution in [3.63, 3.8) is 0 Å². The van der Waals surface area contributed by atoms with Gasteiger partial charge in [-0.2, -0.15) is 0 Å². The van der Waals surface area contributed by atoms with Crippen LogP contribution in [0.4, 0.5) is 4.79 Å². The smallest absolute Gasteiger partial charge is 0.411 e. The van der Waals surface area contributed by atoms with Crippen molar-refractivity contribution in [3.05, 3.63) is 35.9 Å². The van der Waals surface area contributed by atoms with Crippen LogP contribution in [0.5, 0.6) is 0 Å². The van der Waals surface area contributed by atoms with Crippen LogP contribution >= 0.6 is 0 Å². The van der Waals surface area contributed by atoms with E-state index in [0.29, 0.717) is 0 Å². The minimum atomic E-state index is -1.05. The monoisotopic (exact) mass is 263 g/mol. The number of hydrogen-bond donors (Lipinski definition) is 1. The van der Waals surface area contributed by atoms with Crippen molar-refractivity contribution in [3.8, 4) is 0 Å². The Kier molecular flexibility index (Phi) is 2.87. The van der Waals surface area contributed by atoms with E-state index in [-0.39, 0.29) is 25.4 Å². The summed E-state index contributed by atoms with van der Waals surface area (Å²) in [5, 5.41) is 9.09. The Bertz CT molecular complexity index is 503. The molecule has 3 atom stereocenters. The van der Waals surface area contributed by atoms with Crippen LogP contribution in [0.2, 0.25) is 0 Å². The summed E-state index contributed by atoms with van der Waals surface area (Å²) in [7, 11) is 0. The van der Waals surface area contributed by atoms with E-state index >= 15 is 0 Å². The van der Waals surface area contributed by atoms with Gasteiger partial charge in [0.25, 0.3) is 0 Å². The highest BCUT2D eigenvalue weighted by Crippen LogP contribution is 2.36. The minimum Gasteiger partial charge on any atom is -0.480 e. The lowest BCUT2D eigenvalue weighted by atomic mass is 10.2. The summed E-state index contributed by atoms with van der Waals surface area (Å²) in [5.41, 5.74) is 0.864. The molecule has 1 aromatic rings. The zero-order chi connectivity index (χ0) is 13.4. The third-order valence-corrected chi connectivity index (χ3v) is 3.34. The van der Waals surface area contributed by atoms with Gasteiger partial charge in [-0.25, -0.2) is 9.59 Å². The second kappa shape index (κ2) is 4.55. The SMILES string of the molecule is O=C(O)[C@@H]1[C@H]2O[C@@H]2CN1C(=O)OCc1ccccc1. The van der Waals surface area contributed by atoms with Crippen LogP contribution in [-0.4, -0.2) is 46.9 Å². The first kappa shape index (κ1) is 12.0. The first-order valence-electron chi connectivity index (χ1n) is 6.02. The Morgan fingerprint density at radius 1 is 1.37 bits per heavy atom. The van der Waals surface area contributed by atoms with E-state index in [1.165, 1.54) is 4.90 Å². The molecule has 3 rings (SSSR count). The van der Waals surface area contributed by atoms with Crippen molar-refractivity contribution in [1.82, 2.24) is 4.90 Å². The Balaban J connectivity index is 1.60. The lowest BCUT2D eigenvalue weighted by Gasteiger charge is -2.22. The number of fused-ring (bicyclic) bond motifs is 1. The summed E-state index contributed by atoms with van der Waals surface area (Å²) >= 11 is 0. The quantitative estimate of drug-likeness (QED) is 0.818. The van der Waals surface area contributed by atoms with E-state index < -0.39 is 18.1 Å². The molecule has 2 fully saturated rings. The van der Waals surface area contributed by atoms with E-state index in [2.05, 4.69) is 0 Å². The number of amides is 1. The zero-order valence-corrected chi connectivity index (χ0v) is 10.1. The van der Waals surface area contributed by atoms with Gasteiger partial charge in [0.15, 0.2) is 6.04 Å². The Hall–Kier alpha value is -2.08. The maximum Gasteiger partial charge on any atom is 0.411 e. The van der Waals surface area contributed by atoms with E-state index in [0.717, 1.165) is 5.56 Å². The number of carbonyl (C=O) groups excluding carboxylic acids is 1. The van der Waals surface area contributed by atoms with Crippen LogP contribution in [0, 0.1) is 0 Å². The second-order valence-corrected chi connectivity index (χ2v) is 4.61. The third-order valence-electron chi connectivity index (χ3n) is 3.34. The Labute approximate surface area is 109 Å². The van der Waals surface area contributed by atoms with Crippen LogP contribution < -0.4 is 0 Å². The van der Waals surface area contributed by atoms with Crippen molar-refractivity contribution < 1.29 is 24.2 Å². The highest BCUT2D eigenvalue weighted by Gasteiger charge is 2.59. The molecule has 6 nitrogen and oxygen atoms in total. The number of ether oxygens (including phenoxy) is 2. The number of aliphatic carboxylic acids is 1. The molecule has 0 unspecified atom stereocenters. The third kappa shape index (κ3) is 2.26. The second-order valence-electron chi connectivity index (χ2n) is 4.61. The van der Waals surface area contributed by atoms with Gasteiger partial charge in [0.1, 0.15) is 18.8 Å². The molecule has 2 saturated heterocycles. The number of epoxide rings is 1. The van der Waals surface area contributed by atoms with Crippen molar-refractivity contribution in [2.45, 2.75) is 24.9 Å². The number of carboxylic acid groups (broad SMARTS) is 1. The summed E-state index contributed by atoms with van der Waals surface area (Å²) in [6, 6.07) is 8.33. The molecule has 0 bridgehead atoms. The molecule has 0 aromatic heterocycles. The molecule has 100 valence electrons. The van der Waals surface area contributed by atoms with Crippen LogP contribution in [0.3, 0.4) is 0 Å². The van der Waals surface area contributed by atoms with E-state index in [9.17, 15) is 9.59 Å². The van der Waals surface area contributed by atoms with E-state index in [1.54, 1.807) is 0 Å². The van der Waals surface area contributed by atoms with Crippen molar-refractivity contribution in [1.29, 1.82) is 0 Å². The summed E-state index contributed by atoms with van der Waals surface area (Å²) in [6.07, 6.45) is -1.13. The van der Waals surface area contributed by atoms with Gasteiger partial charge in [0.2, 0.25) is 0 Å². The number of nitrogens with zero attached hydrogens (tertiary/aromatic N) is 1. The van der Waals surface area contributed by atoms with Gasteiger partial charge in [-0.15, -0.1) is 0 Å². The molecule has 1 N–H and O–H groups in total. The number of likely N-dealkylation sites (tertiary alicyclic amines) is 1. The predicted molar refractivity (Wildman–Crippen MR) is 63.4 cm³/mol. The molecular weight excluding hydrogens is 250 g/mol. The summed E-state index contributed by atoms with van der Waals surface area (Å²) in [6.45, 7) is 0.425. The van der Waals surface area contributed by atoms with E-state index in [1.807, 2.05) is 30.3 Å². The Morgan fingerprint density at radius 2 is 2.11 bits per heavy atom. The average Bonchev–Trinajstić information content (AvgIpc) is 3.07. The predicted octanol–water partition coefficient (Wildman–Crippen LogP) is 0.859. The molecular formula is C13H13NO5. The van der Waals surface area contributed by atoms with Crippen molar-refractivity contribution in [2.24, 2.45) is 0 Å². The highest BCUT2D eigenvalue weighted by atomic mass is 16.6.